The van der Waals surface area contributed by atoms with Crippen molar-refractivity contribution in [3.63, 3.8) is 0 Å². The van der Waals surface area contributed by atoms with Gasteiger partial charge in [-0.15, -0.1) is 0 Å². The first-order valence-corrected chi connectivity index (χ1v) is 11.4. The molecular weight excluding hydrogens is 404 g/mol. The van der Waals surface area contributed by atoms with Crippen LogP contribution in [0.2, 0.25) is 0 Å². The molecule has 0 spiro atoms. The number of benzene rings is 2. The van der Waals surface area contributed by atoms with Crippen LogP contribution in [0.4, 0.5) is 22.7 Å². The lowest BCUT2D eigenvalue weighted by Gasteiger charge is -2.37. The molecule has 0 aromatic heterocycles. The molecule has 7 heteroatoms. The average Bonchev–Trinajstić information content (AvgIpc) is 2.76. The van der Waals surface area contributed by atoms with Crippen LogP contribution in [0.5, 0.6) is 5.75 Å². The Bertz CT molecular complexity index is 954. The molecule has 1 fully saturated rings. The van der Waals surface area contributed by atoms with Crippen LogP contribution in [-0.2, 0) is 9.53 Å². The van der Waals surface area contributed by atoms with Crippen molar-refractivity contribution in [2.75, 3.05) is 55.0 Å². The first-order valence-electron chi connectivity index (χ1n) is 11.4. The van der Waals surface area contributed by atoms with Crippen molar-refractivity contribution in [2.45, 2.75) is 39.4 Å². The number of morpholine rings is 1. The van der Waals surface area contributed by atoms with E-state index in [0.717, 1.165) is 48.9 Å². The largest absolute Gasteiger partial charge is 0.481 e. The summed E-state index contributed by atoms with van der Waals surface area (Å²) >= 11 is 0. The molecule has 7 nitrogen and oxygen atoms in total. The van der Waals surface area contributed by atoms with Gasteiger partial charge < -0.3 is 29.9 Å². The Hall–Kier alpha value is -2.77. The van der Waals surface area contributed by atoms with Gasteiger partial charge in [0.25, 0.3) is 5.91 Å². The number of carbonyl (C=O) groups is 1. The molecule has 2 aromatic rings. The number of hydrogen-bond acceptors (Lipinski definition) is 6. The highest BCUT2D eigenvalue weighted by Crippen LogP contribution is 2.36. The maximum absolute atomic E-state index is 12.3. The van der Waals surface area contributed by atoms with E-state index >= 15 is 0 Å². The monoisotopic (exact) mass is 438 g/mol. The molecule has 0 radical (unpaired) electrons. The van der Waals surface area contributed by atoms with Gasteiger partial charge in [-0.1, -0.05) is 0 Å². The molecule has 1 saturated heterocycles. The number of aryl methyl sites for hydroxylation is 1. The van der Waals surface area contributed by atoms with Crippen molar-refractivity contribution in [1.29, 1.82) is 0 Å². The number of nitrogens with zero attached hydrogens (tertiary/aromatic N) is 2. The Labute approximate surface area is 190 Å². The second-order valence-corrected chi connectivity index (χ2v) is 8.76. The molecule has 172 valence electrons. The van der Waals surface area contributed by atoms with E-state index in [4.69, 9.17) is 9.47 Å². The van der Waals surface area contributed by atoms with E-state index in [-0.39, 0.29) is 24.7 Å². The molecule has 0 bridgehead atoms. The van der Waals surface area contributed by atoms with Gasteiger partial charge in [0, 0.05) is 42.8 Å². The van der Waals surface area contributed by atoms with Crippen LogP contribution in [0.15, 0.2) is 36.4 Å². The molecule has 2 heterocycles. The average molecular weight is 439 g/mol. The number of amides is 1. The van der Waals surface area contributed by atoms with Gasteiger partial charge in [-0.05, 0) is 76.7 Å². The van der Waals surface area contributed by atoms with Crippen molar-refractivity contribution < 1.29 is 14.3 Å². The van der Waals surface area contributed by atoms with E-state index in [1.54, 1.807) is 0 Å². The zero-order valence-corrected chi connectivity index (χ0v) is 19.5. The highest BCUT2D eigenvalue weighted by atomic mass is 16.5. The fraction of sp³-hybridized carbons (Fsp3) is 0.480. The Morgan fingerprint density at radius 1 is 1.09 bits per heavy atom. The van der Waals surface area contributed by atoms with Gasteiger partial charge in [0.05, 0.1) is 17.9 Å². The van der Waals surface area contributed by atoms with Gasteiger partial charge in [0.15, 0.2) is 6.61 Å². The summed E-state index contributed by atoms with van der Waals surface area (Å²) < 4.78 is 11.6. The van der Waals surface area contributed by atoms with Crippen LogP contribution >= 0.6 is 0 Å². The van der Waals surface area contributed by atoms with Gasteiger partial charge in [0.1, 0.15) is 5.75 Å². The minimum absolute atomic E-state index is 0.00694. The third-order valence-corrected chi connectivity index (χ3v) is 5.99. The number of ether oxygens (including phenoxy) is 2. The molecule has 2 aliphatic heterocycles. The lowest BCUT2D eigenvalue weighted by molar-refractivity contribution is -0.121. The van der Waals surface area contributed by atoms with E-state index in [1.807, 2.05) is 30.1 Å². The maximum Gasteiger partial charge on any atom is 0.265 e. The summed E-state index contributed by atoms with van der Waals surface area (Å²) in [5.41, 5.74) is 5.24. The summed E-state index contributed by atoms with van der Waals surface area (Å²) in [5.74, 6) is 0.747. The molecule has 2 N–H and O–H groups in total. The topological polar surface area (TPSA) is 66.1 Å². The quantitative estimate of drug-likeness (QED) is 0.643. The summed E-state index contributed by atoms with van der Waals surface area (Å²) in [6, 6.07) is 12.5. The fourth-order valence-electron chi connectivity index (χ4n) is 4.47. The smallest absolute Gasteiger partial charge is 0.265 e. The lowest BCUT2D eigenvalue weighted by atomic mass is 10.1. The van der Waals surface area contributed by atoms with Crippen LogP contribution in [0.1, 0.15) is 25.8 Å². The van der Waals surface area contributed by atoms with Crippen LogP contribution in [0.3, 0.4) is 0 Å². The molecule has 0 saturated carbocycles. The number of anilines is 4. The zero-order chi connectivity index (χ0) is 22.7. The molecule has 2 aliphatic rings. The molecular formula is C25H34N4O3. The predicted octanol–water partition coefficient (Wildman–Crippen LogP) is 3.69. The highest BCUT2D eigenvalue weighted by molar-refractivity contribution is 5.98. The highest BCUT2D eigenvalue weighted by Gasteiger charge is 2.26. The predicted molar refractivity (Wildman–Crippen MR) is 130 cm³/mol. The van der Waals surface area contributed by atoms with Crippen molar-refractivity contribution in [3.05, 3.63) is 42.0 Å². The molecule has 4 rings (SSSR count). The Balaban J connectivity index is 1.48. The number of hydrogen-bond donors (Lipinski definition) is 2. The van der Waals surface area contributed by atoms with Crippen LogP contribution in [0, 0.1) is 6.92 Å². The van der Waals surface area contributed by atoms with Crippen molar-refractivity contribution in [1.82, 2.24) is 5.32 Å². The second-order valence-electron chi connectivity index (χ2n) is 8.76. The second kappa shape index (κ2) is 9.79. The van der Waals surface area contributed by atoms with Gasteiger partial charge in [0.2, 0.25) is 0 Å². The van der Waals surface area contributed by atoms with Gasteiger partial charge in [-0.2, -0.15) is 0 Å². The van der Waals surface area contributed by atoms with Crippen LogP contribution < -0.4 is 25.2 Å². The van der Waals surface area contributed by atoms with E-state index in [0.29, 0.717) is 6.54 Å². The van der Waals surface area contributed by atoms with Crippen LogP contribution in [0.25, 0.3) is 0 Å². The van der Waals surface area contributed by atoms with Gasteiger partial charge >= 0.3 is 0 Å². The summed E-state index contributed by atoms with van der Waals surface area (Å²) in [6.07, 6.45) is 1.36. The third kappa shape index (κ3) is 5.00. The Morgan fingerprint density at radius 2 is 1.88 bits per heavy atom. The zero-order valence-electron chi connectivity index (χ0n) is 19.5. The van der Waals surface area contributed by atoms with Gasteiger partial charge in [-0.3, -0.25) is 4.79 Å². The first kappa shape index (κ1) is 22.4. The molecule has 2 unspecified atom stereocenters. The van der Waals surface area contributed by atoms with Gasteiger partial charge in [-0.25, -0.2) is 0 Å². The molecule has 32 heavy (non-hydrogen) atoms. The number of nitrogens with one attached hydrogen (secondary N) is 2. The van der Waals surface area contributed by atoms with E-state index in [9.17, 15) is 4.79 Å². The number of fused-ring (bicyclic) bond motifs is 1. The van der Waals surface area contributed by atoms with Crippen molar-refractivity contribution in [2.24, 2.45) is 0 Å². The third-order valence-electron chi connectivity index (χ3n) is 5.99. The summed E-state index contributed by atoms with van der Waals surface area (Å²) in [5, 5.41) is 6.64. The molecule has 1 amide bonds. The Kier molecular flexibility index (Phi) is 6.86. The Morgan fingerprint density at radius 3 is 2.59 bits per heavy atom. The lowest BCUT2D eigenvalue weighted by Crippen LogP contribution is -2.45. The molecule has 0 aliphatic carbocycles. The molecule has 2 aromatic carbocycles. The minimum atomic E-state index is 0.00694. The summed E-state index contributed by atoms with van der Waals surface area (Å²) in [4.78, 5) is 16.5. The summed E-state index contributed by atoms with van der Waals surface area (Å²) in [6.45, 7) is 9.82. The summed E-state index contributed by atoms with van der Waals surface area (Å²) in [7, 11) is 1.92. The fourth-order valence-corrected chi connectivity index (χ4v) is 4.47. The van der Waals surface area contributed by atoms with Crippen LogP contribution in [-0.4, -0.2) is 57.9 Å². The maximum atomic E-state index is 12.3. The standard InChI is InChI=1S/C25H34N4O3/c1-17-12-21(28-14-18(2)32-19(3)15-28)7-8-22(17)27-20-6-9-23-24(13-20)31-16-25(30)29(23)11-5-10-26-4/h6-9,12-13,18-19,26-27H,5,10-11,14-16H2,1-4H3. The molecule has 2 atom stereocenters. The van der Waals surface area contributed by atoms with Crippen molar-refractivity contribution >= 4 is 28.7 Å². The number of carbonyl (C=O) groups excluding carboxylic acids is 1. The van der Waals surface area contributed by atoms with E-state index in [1.165, 1.54) is 11.3 Å². The number of rotatable bonds is 7. The van der Waals surface area contributed by atoms with Crippen molar-refractivity contribution in [3.8, 4) is 5.75 Å². The minimum Gasteiger partial charge on any atom is -0.481 e. The SMILES string of the molecule is CNCCCN1C(=O)COc2cc(Nc3ccc(N4CC(C)OC(C)C4)cc3C)ccc21. The first-order chi connectivity index (χ1) is 15.4. The van der Waals surface area contributed by atoms with E-state index < -0.39 is 0 Å². The van der Waals surface area contributed by atoms with E-state index in [2.05, 4.69) is 54.5 Å². The normalized spacial score (nSPS) is 20.7.